The molecule has 0 aromatic heterocycles. The van der Waals surface area contributed by atoms with Crippen LogP contribution in [0.1, 0.15) is 5.56 Å². The highest BCUT2D eigenvalue weighted by molar-refractivity contribution is 9.09. The van der Waals surface area contributed by atoms with Crippen LogP contribution in [-0.4, -0.2) is 5.33 Å². The van der Waals surface area contributed by atoms with Crippen molar-refractivity contribution in [1.82, 2.24) is 0 Å². The van der Waals surface area contributed by atoms with Gasteiger partial charge in [-0.15, -0.1) is 0 Å². The van der Waals surface area contributed by atoms with Crippen molar-refractivity contribution in [2.45, 2.75) is 0 Å². The van der Waals surface area contributed by atoms with Crippen molar-refractivity contribution < 1.29 is 0 Å². The van der Waals surface area contributed by atoms with Crippen LogP contribution in [0.15, 0.2) is 24.3 Å². The van der Waals surface area contributed by atoms with Crippen LogP contribution in [0.5, 0.6) is 0 Å². The first kappa shape index (κ1) is 9.62. The molecule has 0 amide bonds. The molecule has 0 aliphatic rings. The van der Waals surface area contributed by atoms with Crippen molar-refractivity contribution in [2.75, 3.05) is 11.1 Å². The van der Waals surface area contributed by atoms with Gasteiger partial charge in [-0.25, -0.2) is 0 Å². The molecule has 0 spiro atoms. The van der Waals surface area contributed by atoms with E-state index in [-0.39, 0.29) is 0 Å². The molecule has 2 N–H and O–H groups in total. The zero-order valence-corrected chi connectivity index (χ0v) is 8.77. The molecular formula is C9H9BrClN. The van der Waals surface area contributed by atoms with Crippen LogP contribution in [0.3, 0.4) is 0 Å². The minimum Gasteiger partial charge on any atom is -0.399 e. The molecule has 0 radical (unpaired) electrons. The Morgan fingerprint density at radius 2 is 2.17 bits per heavy atom. The first-order valence-electron chi connectivity index (χ1n) is 3.51. The predicted octanol–water partition coefficient (Wildman–Crippen LogP) is 3.33. The van der Waals surface area contributed by atoms with E-state index in [1.165, 1.54) is 0 Å². The van der Waals surface area contributed by atoms with Gasteiger partial charge in [-0.05, 0) is 23.8 Å². The van der Waals surface area contributed by atoms with Crippen LogP contribution in [0, 0.1) is 0 Å². The Labute approximate surface area is 85.3 Å². The third kappa shape index (κ3) is 2.88. The van der Waals surface area contributed by atoms with Gasteiger partial charge >= 0.3 is 0 Å². The lowest BCUT2D eigenvalue weighted by molar-refractivity contribution is 1.63. The fourth-order valence-corrected chi connectivity index (χ4v) is 1.35. The largest absolute Gasteiger partial charge is 0.399 e. The quantitative estimate of drug-likeness (QED) is 0.629. The molecule has 0 unspecified atom stereocenters. The maximum Gasteiger partial charge on any atom is 0.0432 e. The highest BCUT2D eigenvalue weighted by Crippen LogP contribution is 2.17. The Morgan fingerprint density at radius 1 is 1.42 bits per heavy atom. The summed E-state index contributed by atoms with van der Waals surface area (Å²) in [6.45, 7) is 0. The molecule has 1 aromatic carbocycles. The topological polar surface area (TPSA) is 26.0 Å². The SMILES string of the molecule is Nc1cc(Cl)cc(C=CCBr)c1. The normalized spacial score (nSPS) is 10.8. The smallest absolute Gasteiger partial charge is 0.0432 e. The van der Waals surface area contributed by atoms with Gasteiger partial charge in [0.15, 0.2) is 0 Å². The van der Waals surface area contributed by atoms with Crippen molar-refractivity contribution in [3.05, 3.63) is 34.9 Å². The highest BCUT2D eigenvalue weighted by Gasteiger charge is 1.92. The second-order valence-electron chi connectivity index (χ2n) is 2.37. The summed E-state index contributed by atoms with van der Waals surface area (Å²) in [4.78, 5) is 0. The summed E-state index contributed by atoms with van der Waals surface area (Å²) in [6, 6.07) is 5.48. The molecule has 1 nitrogen and oxygen atoms in total. The second-order valence-corrected chi connectivity index (χ2v) is 3.46. The molecule has 1 aromatic rings. The number of nitrogens with two attached hydrogens (primary N) is 1. The summed E-state index contributed by atoms with van der Waals surface area (Å²) < 4.78 is 0. The number of hydrogen-bond acceptors (Lipinski definition) is 1. The van der Waals surface area contributed by atoms with Gasteiger partial charge in [0.25, 0.3) is 0 Å². The molecule has 0 atom stereocenters. The Morgan fingerprint density at radius 3 is 2.75 bits per heavy atom. The number of anilines is 1. The van der Waals surface area contributed by atoms with Gasteiger partial charge in [-0.1, -0.05) is 39.7 Å². The first-order valence-corrected chi connectivity index (χ1v) is 5.01. The van der Waals surface area contributed by atoms with E-state index in [1.807, 2.05) is 24.3 Å². The van der Waals surface area contributed by atoms with Crippen LogP contribution in [0.4, 0.5) is 5.69 Å². The van der Waals surface area contributed by atoms with Crippen molar-refractivity contribution in [3.8, 4) is 0 Å². The van der Waals surface area contributed by atoms with Crippen molar-refractivity contribution in [2.24, 2.45) is 0 Å². The van der Waals surface area contributed by atoms with E-state index in [9.17, 15) is 0 Å². The van der Waals surface area contributed by atoms with E-state index in [4.69, 9.17) is 17.3 Å². The second kappa shape index (κ2) is 4.53. The van der Waals surface area contributed by atoms with Crippen molar-refractivity contribution in [1.29, 1.82) is 0 Å². The summed E-state index contributed by atoms with van der Waals surface area (Å²) in [5.74, 6) is 0. The number of nitrogen functional groups attached to an aromatic ring is 1. The van der Waals surface area contributed by atoms with Gasteiger partial charge in [0, 0.05) is 16.0 Å². The molecule has 0 aliphatic carbocycles. The molecule has 0 fully saturated rings. The fourth-order valence-electron chi connectivity index (χ4n) is 0.913. The zero-order chi connectivity index (χ0) is 8.97. The molecular weight excluding hydrogens is 237 g/mol. The molecule has 64 valence electrons. The van der Waals surface area contributed by atoms with Crippen molar-refractivity contribution >= 4 is 39.3 Å². The van der Waals surface area contributed by atoms with E-state index < -0.39 is 0 Å². The van der Waals surface area contributed by atoms with Gasteiger partial charge in [-0.2, -0.15) is 0 Å². The average molecular weight is 247 g/mol. The van der Waals surface area contributed by atoms with E-state index in [2.05, 4.69) is 15.9 Å². The van der Waals surface area contributed by atoms with E-state index in [1.54, 1.807) is 6.07 Å². The third-order valence-electron chi connectivity index (χ3n) is 1.34. The van der Waals surface area contributed by atoms with Crippen molar-refractivity contribution in [3.63, 3.8) is 0 Å². The lowest BCUT2D eigenvalue weighted by atomic mass is 10.2. The summed E-state index contributed by atoms with van der Waals surface area (Å²) >= 11 is 9.10. The Balaban J connectivity index is 2.93. The van der Waals surface area contributed by atoms with Crippen LogP contribution >= 0.6 is 27.5 Å². The Hall–Kier alpha value is -0.470. The van der Waals surface area contributed by atoms with E-state index in [0.29, 0.717) is 10.7 Å². The van der Waals surface area contributed by atoms with Gasteiger partial charge in [0.05, 0.1) is 0 Å². The number of alkyl halides is 1. The van der Waals surface area contributed by atoms with E-state index in [0.717, 1.165) is 10.9 Å². The monoisotopic (exact) mass is 245 g/mol. The summed E-state index contributed by atoms with van der Waals surface area (Å²) in [7, 11) is 0. The Kier molecular flexibility index (Phi) is 3.63. The lowest BCUT2D eigenvalue weighted by Crippen LogP contribution is -1.84. The number of halogens is 2. The number of hydrogen-bond donors (Lipinski definition) is 1. The maximum absolute atomic E-state index is 5.80. The van der Waals surface area contributed by atoms with E-state index >= 15 is 0 Å². The van der Waals surface area contributed by atoms with Crippen LogP contribution in [0.25, 0.3) is 6.08 Å². The predicted molar refractivity (Wildman–Crippen MR) is 58.7 cm³/mol. The molecule has 3 heteroatoms. The molecule has 0 saturated heterocycles. The van der Waals surface area contributed by atoms with Gasteiger partial charge in [0.2, 0.25) is 0 Å². The van der Waals surface area contributed by atoms with Crippen LogP contribution < -0.4 is 5.73 Å². The molecule has 0 aliphatic heterocycles. The fraction of sp³-hybridized carbons (Fsp3) is 0.111. The maximum atomic E-state index is 5.80. The van der Waals surface area contributed by atoms with Gasteiger partial charge in [0.1, 0.15) is 0 Å². The molecule has 0 bridgehead atoms. The molecule has 0 heterocycles. The zero-order valence-electron chi connectivity index (χ0n) is 6.43. The summed E-state index contributed by atoms with van der Waals surface area (Å²) in [6.07, 6.45) is 3.96. The minimum absolute atomic E-state index is 0.671. The standard InChI is InChI=1S/C9H9BrClN/c10-3-1-2-7-4-8(11)6-9(12)5-7/h1-2,4-6H,3,12H2. The van der Waals surface area contributed by atoms with Gasteiger partial charge < -0.3 is 5.73 Å². The summed E-state index contributed by atoms with van der Waals surface area (Å²) in [5, 5.41) is 1.50. The first-order chi connectivity index (χ1) is 5.72. The third-order valence-corrected chi connectivity index (χ3v) is 1.93. The summed E-state index contributed by atoms with van der Waals surface area (Å²) in [5.41, 5.74) is 7.32. The molecule has 1 rings (SSSR count). The lowest BCUT2D eigenvalue weighted by Gasteiger charge is -1.97. The van der Waals surface area contributed by atoms with Crippen LogP contribution in [0.2, 0.25) is 5.02 Å². The number of rotatable bonds is 2. The minimum atomic E-state index is 0.671. The number of allylic oxidation sites excluding steroid dienone is 1. The van der Waals surface area contributed by atoms with Crippen LogP contribution in [-0.2, 0) is 0 Å². The Bertz CT molecular complexity index is 276. The molecule has 12 heavy (non-hydrogen) atoms. The molecule has 0 saturated carbocycles. The number of benzene rings is 1. The van der Waals surface area contributed by atoms with Gasteiger partial charge in [-0.3, -0.25) is 0 Å². The average Bonchev–Trinajstić information content (AvgIpc) is 1.99. The highest BCUT2D eigenvalue weighted by atomic mass is 79.9.